The van der Waals surface area contributed by atoms with E-state index >= 15 is 0 Å². The molecule has 0 spiro atoms. The van der Waals surface area contributed by atoms with Gasteiger partial charge in [-0.05, 0) is 69.9 Å². The smallest absolute Gasteiger partial charge is 0.222 e. The molecule has 1 aliphatic carbocycles. The number of likely N-dealkylation sites (tertiary alicyclic amines) is 1. The molecule has 0 bridgehead atoms. The van der Waals surface area contributed by atoms with Crippen LogP contribution in [-0.4, -0.2) is 46.3 Å². The maximum Gasteiger partial charge on any atom is 0.222 e. The second-order valence-electron chi connectivity index (χ2n) is 8.73. The average molecular weight is 397 g/mol. The summed E-state index contributed by atoms with van der Waals surface area (Å²) in [7, 11) is 0. The second-order valence-corrected chi connectivity index (χ2v) is 8.73. The van der Waals surface area contributed by atoms with Crippen molar-refractivity contribution >= 4 is 18.3 Å². The van der Waals surface area contributed by atoms with Gasteiger partial charge in [-0.3, -0.25) is 9.48 Å². The van der Waals surface area contributed by atoms with E-state index in [4.69, 9.17) is 0 Å². The lowest BCUT2D eigenvalue weighted by molar-refractivity contribution is -0.132. The third kappa shape index (κ3) is 6.21. The molecule has 1 aromatic rings. The van der Waals surface area contributed by atoms with Gasteiger partial charge in [0.15, 0.2) is 0 Å². The molecular formula is C21H37ClN4O. The van der Waals surface area contributed by atoms with Crippen molar-refractivity contribution in [2.45, 2.75) is 78.8 Å². The monoisotopic (exact) mass is 396 g/mol. The summed E-state index contributed by atoms with van der Waals surface area (Å²) in [5.41, 5.74) is 3.57. The van der Waals surface area contributed by atoms with E-state index in [9.17, 15) is 4.79 Å². The third-order valence-corrected chi connectivity index (χ3v) is 5.90. The molecule has 1 amide bonds. The number of nitrogens with one attached hydrogen (secondary N) is 1. The van der Waals surface area contributed by atoms with Crippen molar-refractivity contribution in [1.29, 1.82) is 0 Å². The molecule has 2 fully saturated rings. The minimum atomic E-state index is 0. The van der Waals surface area contributed by atoms with Crippen molar-refractivity contribution in [1.82, 2.24) is 20.0 Å². The summed E-state index contributed by atoms with van der Waals surface area (Å²) in [6, 6.07) is 0.610. The number of nitrogens with zero attached hydrogens (tertiary/aromatic N) is 3. The van der Waals surface area contributed by atoms with E-state index in [2.05, 4.69) is 47.7 Å². The summed E-state index contributed by atoms with van der Waals surface area (Å²) < 4.78 is 2.11. The van der Waals surface area contributed by atoms with Crippen LogP contribution in [-0.2, 0) is 17.8 Å². The van der Waals surface area contributed by atoms with Crippen molar-refractivity contribution in [3.05, 3.63) is 17.0 Å². The van der Waals surface area contributed by atoms with E-state index in [-0.39, 0.29) is 12.4 Å². The number of carbonyl (C=O) groups excluding carboxylic acids is 1. The number of aromatic nitrogens is 2. The highest BCUT2D eigenvalue weighted by atomic mass is 35.5. The number of piperidine rings is 1. The number of rotatable bonds is 8. The molecule has 1 aliphatic heterocycles. The molecule has 1 saturated carbocycles. The molecule has 1 N–H and O–H groups in total. The summed E-state index contributed by atoms with van der Waals surface area (Å²) in [6.45, 7) is 12.6. The van der Waals surface area contributed by atoms with E-state index in [1.807, 2.05) is 0 Å². The Labute approximate surface area is 170 Å². The predicted molar refractivity (Wildman–Crippen MR) is 112 cm³/mol. The van der Waals surface area contributed by atoms with Crippen LogP contribution in [0.1, 0.15) is 62.9 Å². The molecule has 154 valence electrons. The number of hydrogen-bond acceptors (Lipinski definition) is 3. The summed E-state index contributed by atoms with van der Waals surface area (Å²) in [5.74, 6) is 1.82. The van der Waals surface area contributed by atoms with E-state index in [0.29, 0.717) is 24.3 Å². The van der Waals surface area contributed by atoms with Crippen molar-refractivity contribution in [3.8, 4) is 0 Å². The van der Waals surface area contributed by atoms with Crippen molar-refractivity contribution < 1.29 is 4.79 Å². The van der Waals surface area contributed by atoms with Gasteiger partial charge in [0, 0.05) is 37.8 Å². The first-order chi connectivity index (χ1) is 12.4. The fraction of sp³-hybridized carbons (Fsp3) is 0.810. The molecule has 0 unspecified atom stereocenters. The van der Waals surface area contributed by atoms with Gasteiger partial charge in [0.1, 0.15) is 0 Å². The molecule has 27 heavy (non-hydrogen) atoms. The molecule has 0 radical (unpaired) electrons. The highest BCUT2D eigenvalue weighted by Gasteiger charge is 2.26. The van der Waals surface area contributed by atoms with Crippen LogP contribution < -0.4 is 5.32 Å². The highest BCUT2D eigenvalue weighted by molar-refractivity contribution is 5.85. The van der Waals surface area contributed by atoms with Crippen LogP contribution in [0.25, 0.3) is 0 Å². The van der Waals surface area contributed by atoms with Crippen molar-refractivity contribution in [3.63, 3.8) is 0 Å². The largest absolute Gasteiger partial charge is 0.343 e. The van der Waals surface area contributed by atoms with Crippen molar-refractivity contribution in [2.75, 3.05) is 19.6 Å². The average Bonchev–Trinajstić information content (AvgIpc) is 3.39. The van der Waals surface area contributed by atoms with Crippen LogP contribution in [0.5, 0.6) is 0 Å². The van der Waals surface area contributed by atoms with Crippen molar-refractivity contribution in [2.24, 2.45) is 11.8 Å². The first-order valence-corrected chi connectivity index (χ1v) is 10.5. The molecule has 0 atom stereocenters. The summed E-state index contributed by atoms with van der Waals surface area (Å²) >= 11 is 0. The minimum Gasteiger partial charge on any atom is -0.343 e. The van der Waals surface area contributed by atoms with Crippen LogP contribution in [0.15, 0.2) is 0 Å². The number of aryl methyl sites for hydroxylation is 1. The van der Waals surface area contributed by atoms with Crippen LogP contribution in [0.3, 0.4) is 0 Å². The fourth-order valence-corrected chi connectivity index (χ4v) is 4.00. The molecule has 0 aromatic carbocycles. The topological polar surface area (TPSA) is 50.2 Å². The van der Waals surface area contributed by atoms with Gasteiger partial charge >= 0.3 is 0 Å². The van der Waals surface area contributed by atoms with Crippen LogP contribution in [0.4, 0.5) is 0 Å². The molecule has 5 nitrogen and oxygen atoms in total. The molecule has 2 heterocycles. The maximum atomic E-state index is 12.6. The number of amides is 1. The Morgan fingerprint density at radius 2 is 1.85 bits per heavy atom. The van der Waals surface area contributed by atoms with E-state index in [0.717, 1.165) is 50.5 Å². The number of carbonyl (C=O) groups is 1. The lowest BCUT2D eigenvalue weighted by Gasteiger charge is -2.32. The molecule has 1 saturated heterocycles. The first-order valence-electron chi connectivity index (χ1n) is 10.5. The Kier molecular flexibility index (Phi) is 8.17. The van der Waals surface area contributed by atoms with Gasteiger partial charge in [-0.15, -0.1) is 12.4 Å². The Morgan fingerprint density at radius 1 is 1.19 bits per heavy atom. The Morgan fingerprint density at radius 3 is 2.44 bits per heavy atom. The Bertz CT molecular complexity index is 616. The number of halogens is 1. The zero-order valence-electron chi connectivity index (χ0n) is 17.5. The van der Waals surface area contributed by atoms with Crippen LogP contribution >= 0.6 is 12.4 Å². The van der Waals surface area contributed by atoms with Crippen LogP contribution in [0, 0.1) is 25.7 Å². The Hall–Kier alpha value is -1.07. The van der Waals surface area contributed by atoms with E-state index < -0.39 is 0 Å². The van der Waals surface area contributed by atoms with Gasteiger partial charge in [0.2, 0.25) is 5.91 Å². The third-order valence-electron chi connectivity index (χ3n) is 5.90. The zero-order chi connectivity index (χ0) is 18.7. The SMILES string of the molecule is Cc1nn(CC(C)C)c(C)c1CCC(=O)N1CCC(NCC2CC2)CC1.Cl. The molecule has 1 aromatic heterocycles. The van der Waals surface area contributed by atoms with E-state index in [1.54, 1.807) is 0 Å². The standard InChI is InChI=1S/C21H36N4O.ClH/c1-15(2)14-25-17(4)20(16(3)23-25)7-8-21(26)24-11-9-19(10-12-24)22-13-18-5-6-18;/h15,18-19,22H,5-14H2,1-4H3;1H. The van der Waals surface area contributed by atoms with E-state index in [1.165, 1.54) is 30.6 Å². The van der Waals surface area contributed by atoms with Gasteiger partial charge in [-0.2, -0.15) is 5.10 Å². The molecule has 2 aliphatic rings. The lowest BCUT2D eigenvalue weighted by Crippen LogP contribution is -2.45. The molecule has 3 rings (SSSR count). The van der Waals surface area contributed by atoms with Gasteiger partial charge in [-0.25, -0.2) is 0 Å². The lowest BCUT2D eigenvalue weighted by atomic mass is 10.0. The quantitative estimate of drug-likeness (QED) is 0.731. The summed E-state index contributed by atoms with van der Waals surface area (Å²) in [6.07, 6.45) is 6.42. The molecular weight excluding hydrogens is 360 g/mol. The second kappa shape index (κ2) is 9.92. The van der Waals surface area contributed by atoms with Gasteiger partial charge in [-0.1, -0.05) is 13.8 Å². The zero-order valence-corrected chi connectivity index (χ0v) is 18.3. The summed E-state index contributed by atoms with van der Waals surface area (Å²) in [5, 5.41) is 8.36. The normalized spacial score (nSPS) is 18.0. The predicted octanol–water partition coefficient (Wildman–Crippen LogP) is 3.50. The first kappa shape index (κ1) is 22.2. The molecule has 6 heteroatoms. The fourth-order valence-electron chi connectivity index (χ4n) is 4.00. The van der Waals surface area contributed by atoms with Gasteiger partial charge in [0.25, 0.3) is 0 Å². The Balaban J connectivity index is 0.00000261. The highest BCUT2D eigenvalue weighted by Crippen LogP contribution is 2.28. The summed E-state index contributed by atoms with van der Waals surface area (Å²) in [4.78, 5) is 14.7. The van der Waals surface area contributed by atoms with Crippen LogP contribution in [0.2, 0.25) is 0 Å². The van der Waals surface area contributed by atoms with Gasteiger partial charge < -0.3 is 10.2 Å². The number of hydrogen-bond donors (Lipinski definition) is 1. The minimum absolute atomic E-state index is 0. The maximum absolute atomic E-state index is 12.6. The van der Waals surface area contributed by atoms with Gasteiger partial charge in [0.05, 0.1) is 5.69 Å².